The van der Waals surface area contributed by atoms with Gasteiger partial charge in [-0.3, -0.25) is 33.6 Å². The van der Waals surface area contributed by atoms with Crippen LogP contribution >= 0.6 is 0 Å². The Balaban J connectivity index is 2.79. The maximum absolute atomic E-state index is 12.7. The van der Waals surface area contributed by atoms with Crippen LogP contribution in [0.4, 0.5) is 0 Å². The number of rotatable bonds is 17. The number of nitrogens with one attached hydrogen (secondary N) is 4. The van der Waals surface area contributed by atoms with Crippen LogP contribution in [0, 0.1) is 0 Å². The van der Waals surface area contributed by atoms with Crippen molar-refractivity contribution in [3.8, 4) is 0 Å². The Labute approximate surface area is 239 Å². The van der Waals surface area contributed by atoms with Crippen molar-refractivity contribution in [3.05, 3.63) is 0 Å². The van der Waals surface area contributed by atoms with Gasteiger partial charge in [0.2, 0.25) is 35.4 Å². The van der Waals surface area contributed by atoms with E-state index in [2.05, 4.69) is 21.3 Å². The van der Waals surface area contributed by atoms with Gasteiger partial charge in [0.05, 0.1) is 31.7 Å². The Hall–Kier alpha value is -4.36. The zero-order chi connectivity index (χ0) is 32.1. The molecule has 0 aromatic carbocycles. The number of carboxylic acid groups (broad SMARTS) is 2. The molecule has 1 fully saturated rings. The van der Waals surface area contributed by atoms with Gasteiger partial charge in [-0.25, -0.2) is 4.79 Å². The molecule has 0 unspecified atom stereocenters. The van der Waals surface area contributed by atoms with E-state index in [4.69, 9.17) is 21.7 Å². The van der Waals surface area contributed by atoms with E-state index >= 15 is 0 Å². The number of primary amides is 1. The summed E-state index contributed by atoms with van der Waals surface area (Å²) in [6, 6.07) is -7.30. The van der Waals surface area contributed by atoms with Gasteiger partial charge < -0.3 is 58.1 Å². The van der Waals surface area contributed by atoms with Crippen LogP contribution in [-0.2, 0) is 38.4 Å². The van der Waals surface area contributed by atoms with Crippen LogP contribution < -0.4 is 32.7 Å². The summed E-state index contributed by atoms with van der Waals surface area (Å²) in [6.07, 6.45) is -2.27. The predicted octanol–water partition coefficient (Wildman–Crippen LogP) is -5.93. The van der Waals surface area contributed by atoms with E-state index in [9.17, 15) is 48.6 Å². The van der Waals surface area contributed by atoms with Crippen molar-refractivity contribution in [3.63, 3.8) is 0 Å². The lowest BCUT2D eigenvalue weighted by Gasteiger charge is -2.27. The quantitative estimate of drug-likeness (QED) is 0.0741. The summed E-state index contributed by atoms with van der Waals surface area (Å²) >= 11 is 0. The molecule has 42 heavy (non-hydrogen) atoms. The summed E-state index contributed by atoms with van der Waals surface area (Å²) < 4.78 is 0. The highest BCUT2D eigenvalue weighted by atomic mass is 16.4. The summed E-state index contributed by atoms with van der Waals surface area (Å²) in [5, 5.41) is 45.7. The smallest absolute Gasteiger partial charge is 0.328 e. The van der Waals surface area contributed by atoms with Gasteiger partial charge in [0.25, 0.3) is 0 Å². The molecule has 1 aliphatic rings. The summed E-state index contributed by atoms with van der Waals surface area (Å²) in [7, 11) is 0. The molecule has 19 nitrogen and oxygen atoms in total. The maximum atomic E-state index is 12.7. The van der Waals surface area contributed by atoms with Crippen LogP contribution in [-0.4, -0.2) is 129 Å². The van der Waals surface area contributed by atoms with Crippen molar-refractivity contribution in [2.75, 3.05) is 19.7 Å². The number of hydrogen-bond donors (Lipinski definition) is 10. The molecule has 0 aromatic rings. The molecule has 6 atom stereocenters. The van der Waals surface area contributed by atoms with E-state index in [0.717, 1.165) is 4.90 Å². The summed E-state index contributed by atoms with van der Waals surface area (Å²) in [6.45, 7) is -0.355. The first kappa shape index (κ1) is 35.7. The lowest BCUT2D eigenvalue weighted by molar-refractivity contribution is -0.146. The number of likely N-dealkylation sites (tertiary alicyclic amines) is 1. The van der Waals surface area contributed by atoms with Gasteiger partial charge in [-0.15, -0.1) is 0 Å². The molecule has 1 heterocycles. The number of hydrogen-bond acceptors (Lipinski definition) is 11. The molecule has 0 saturated carbocycles. The molecule has 1 rings (SSSR count). The molecule has 19 heteroatoms. The third-order valence-electron chi connectivity index (χ3n) is 6.20. The van der Waals surface area contributed by atoms with E-state index < -0.39 is 110 Å². The van der Waals surface area contributed by atoms with E-state index in [1.54, 1.807) is 0 Å². The van der Waals surface area contributed by atoms with Gasteiger partial charge in [0, 0.05) is 13.0 Å². The molecule has 12 N–H and O–H groups in total. The number of aliphatic hydroxyl groups excluding tert-OH is 2. The SMILES string of the molecule is C[C@@H](O)[C@H](NC(=O)[C@@H]1CCCN1C(=O)CNC(=O)[C@H](CO)NC(=O)[C@H](CC(N)=O)NC(=O)[C@@H](N)CCC(=O)O)C(=O)O. The van der Waals surface area contributed by atoms with Crippen molar-refractivity contribution >= 4 is 47.4 Å². The fourth-order valence-electron chi connectivity index (χ4n) is 3.93. The molecule has 1 aliphatic heterocycles. The average Bonchev–Trinajstić information content (AvgIpc) is 3.40. The van der Waals surface area contributed by atoms with E-state index in [1.165, 1.54) is 6.92 Å². The standard InChI is InChI=1S/C23H37N7O12/c1-10(32)18(23(41)42)29-22(40)14-3-2-6-30(14)16(34)8-26-20(38)13(9-31)28-21(39)12(7-15(25)33)27-19(37)11(24)4-5-17(35)36/h10-14,18,31-32H,2-9,24H2,1H3,(H2,25,33)(H,26,38)(H,27,37)(H,28,39)(H,29,40)(H,35,36)(H,41,42)/t10-,11+,12+,13+,14+,18+/m1/s1. The second-order valence-electron chi connectivity index (χ2n) is 9.54. The number of nitrogens with zero attached hydrogens (tertiary/aromatic N) is 1. The first-order valence-corrected chi connectivity index (χ1v) is 12.8. The Morgan fingerprint density at radius 1 is 0.952 bits per heavy atom. The molecule has 1 saturated heterocycles. The lowest BCUT2D eigenvalue weighted by atomic mass is 10.1. The summed E-state index contributed by atoms with van der Waals surface area (Å²) in [4.78, 5) is 97.3. The van der Waals surface area contributed by atoms with Gasteiger partial charge in [-0.2, -0.15) is 0 Å². The molecule has 6 amide bonds. The predicted molar refractivity (Wildman–Crippen MR) is 139 cm³/mol. The second-order valence-corrected chi connectivity index (χ2v) is 9.54. The minimum absolute atomic E-state index is 0.114. The molecule has 236 valence electrons. The van der Waals surface area contributed by atoms with Crippen molar-refractivity contribution in [1.82, 2.24) is 26.2 Å². The molecule has 0 aliphatic carbocycles. The van der Waals surface area contributed by atoms with E-state index in [0.29, 0.717) is 6.42 Å². The fraction of sp³-hybridized carbons (Fsp3) is 0.652. The molecule has 0 spiro atoms. The molecule has 0 aromatic heterocycles. The van der Waals surface area contributed by atoms with Crippen LogP contribution in [0.1, 0.15) is 39.0 Å². The van der Waals surface area contributed by atoms with Crippen molar-refractivity contribution in [2.45, 2.75) is 75.3 Å². The van der Waals surface area contributed by atoms with Crippen LogP contribution in [0.3, 0.4) is 0 Å². The van der Waals surface area contributed by atoms with Crippen molar-refractivity contribution in [1.29, 1.82) is 0 Å². The number of aliphatic hydroxyl groups is 2. The van der Waals surface area contributed by atoms with Crippen LogP contribution in [0.2, 0.25) is 0 Å². The largest absolute Gasteiger partial charge is 0.481 e. The Morgan fingerprint density at radius 3 is 2.10 bits per heavy atom. The fourth-order valence-corrected chi connectivity index (χ4v) is 3.93. The maximum Gasteiger partial charge on any atom is 0.328 e. The number of carbonyl (C=O) groups excluding carboxylic acids is 6. The second kappa shape index (κ2) is 16.8. The first-order chi connectivity index (χ1) is 19.6. The highest BCUT2D eigenvalue weighted by Gasteiger charge is 2.37. The monoisotopic (exact) mass is 603 g/mol. The van der Waals surface area contributed by atoms with Gasteiger partial charge in [-0.1, -0.05) is 0 Å². The highest BCUT2D eigenvalue weighted by molar-refractivity contribution is 5.97. The molecular formula is C23H37N7O12. The number of carboxylic acids is 2. The van der Waals surface area contributed by atoms with E-state index in [-0.39, 0.29) is 19.4 Å². The topological polar surface area (TPSA) is 321 Å². The molecule has 0 bridgehead atoms. The van der Waals surface area contributed by atoms with Crippen molar-refractivity contribution < 1.29 is 58.8 Å². The summed E-state index contributed by atoms with van der Waals surface area (Å²) in [5.41, 5.74) is 10.7. The highest BCUT2D eigenvalue weighted by Crippen LogP contribution is 2.18. The molecule has 0 radical (unpaired) electrons. The number of amides is 6. The molecular weight excluding hydrogens is 566 g/mol. The van der Waals surface area contributed by atoms with Gasteiger partial charge in [0.15, 0.2) is 6.04 Å². The number of nitrogens with two attached hydrogens (primary N) is 2. The third-order valence-corrected chi connectivity index (χ3v) is 6.20. The number of carbonyl (C=O) groups is 8. The third kappa shape index (κ3) is 11.3. The van der Waals surface area contributed by atoms with Gasteiger partial charge in [-0.05, 0) is 26.2 Å². The van der Waals surface area contributed by atoms with Crippen LogP contribution in [0.25, 0.3) is 0 Å². The average molecular weight is 604 g/mol. The number of aliphatic carboxylic acids is 2. The minimum atomic E-state index is -1.65. The zero-order valence-electron chi connectivity index (χ0n) is 22.8. The lowest BCUT2D eigenvalue weighted by Crippen LogP contribution is -2.58. The first-order valence-electron chi connectivity index (χ1n) is 12.8. The summed E-state index contributed by atoms with van der Waals surface area (Å²) in [5.74, 6) is -8.38. The van der Waals surface area contributed by atoms with Crippen LogP contribution in [0.15, 0.2) is 0 Å². The van der Waals surface area contributed by atoms with Gasteiger partial charge >= 0.3 is 11.9 Å². The van der Waals surface area contributed by atoms with Crippen LogP contribution in [0.5, 0.6) is 0 Å². The Kier molecular flexibility index (Phi) is 14.3. The van der Waals surface area contributed by atoms with E-state index in [1.807, 2.05) is 0 Å². The zero-order valence-corrected chi connectivity index (χ0v) is 22.8. The van der Waals surface area contributed by atoms with Crippen molar-refractivity contribution in [2.24, 2.45) is 11.5 Å². The Bertz CT molecular complexity index is 1050. The normalized spacial score (nSPS) is 18.0. The minimum Gasteiger partial charge on any atom is -0.481 e. The Morgan fingerprint density at radius 2 is 1.57 bits per heavy atom. The van der Waals surface area contributed by atoms with Gasteiger partial charge in [0.1, 0.15) is 18.1 Å².